The summed E-state index contributed by atoms with van der Waals surface area (Å²) in [5, 5.41) is 9.51. The molecule has 4 heteroatoms. The molecule has 0 aromatic carbocycles. The van der Waals surface area contributed by atoms with Crippen LogP contribution < -0.4 is 5.32 Å². The lowest BCUT2D eigenvalue weighted by molar-refractivity contribution is -0.125. The monoisotopic (exact) mass is 223 g/mol. The number of aromatic amines is 1. The van der Waals surface area contributed by atoms with Gasteiger partial charge in [-0.1, -0.05) is 26.7 Å². The predicted octanol–water partition coefficient (Wildman–Crippen LogP) is 2.24. The standard InChI is InChI=1S/C12H21N3O/c1-3-5-6-11(4-2)12(16)13-7-10-8-14-15-9-10/h8-9,11H,3-7H2,1-2H3,(H,13,16)(H,14,15). The van der Waals surface area contributed by atoms with E-state index in [4.69, 9.17) is 0 Å². The van der Waals surface area contributed by atoms with E-state index in [0.29, 0.717) is 6.54 Å². The summed E-state index contributed by atoms with van der Waals surface area (Å²) in [7, 11) is 0. The van der Waals surface area contributed by atoms with Crippen molar-refractivity contribution in [2.45, 2.75) is 46.1 Å². The van der Waals surface area contributed by atoms with Crippen molar-refractivity contribution in [3.8, 4) is 0 Å². The second kappa shape index (κ2) is 7.04. The van der Waals surface area contributed by atoms with Crippen molar-refractivity contribution < 1.29 is 4.79 Å². The van der Waals surface area contributed by atoms with Gasteiger partial charge < -0.3 is 5.32 Å². The molecule has 16 heavy (non-hydrogen) atoms. The summed E-state index contributed by atoms with van der Waals surface area (Å²) in [6.07, 6.45) is 7.70. The van der Waals surface area contributed by atoms with Gasteiger partial charge in [-0.25, -0.2) is 0 Å². The van der Waals surface area contributed by atoms with Crippen LogP contribution in [0.3, 0.4) is 0 Å². The second-order valence-electron chi connectivity index (χ2n) is 4.07. The SMILES string of the molecule is CCCCC(CC)C(=O)NCc1cn[nH]c1. The highest BCUT2D eigenvalue weighted by molar-refractivity contribution is 5.78. The first kappa shape index (κ1) is 12.7. The highest BCUT2D eigenvalue weighted by atomic mass is 16.1. The smallest absolute Gasteiger partial charge is 0.223 e. The van der Waals surface area contributed by atoms with E-state index in [1.807, 2.05) is 0 Å². The molecule has 0 aliphatic carbocycles. The molecule has 1 atom stereocenters. The van der Waals surface area contributed by atoms with Gasteiger partial charge in [0.25, 0.3) is 0 Å². The number of rotatable bonds is 7. The predicted molar refractivity (Wildman–Crippen MR) is 63.7 cm³/mol. The Bertz CT molecular complexity index is 295. The van der Waals surface area contributed by atoms with Gasteiger partial charge >= 0.3 is 0 Å². The quantitative estimate of drug-likeness (QED) is 0.744. The lowest BCUT2D eigenvalue weighted by Crippen LogP contribution is -2.29. The Morgan fingerprint density at radius 1 is 1.56 bits per heavy atom. The van der Waals surface area contributed by atoms with Crippen LogP contribution in [0.25, 0.3) is 0 Å². The summed E-state index contributed by atoms with van der Waals surface area (Å²) in [6.45, 7) is 4.78. The Morgan fingerprint density at radius 2 is 2.38 bits per heavy atom. The molecule has 1 aromatic rings. The van der Waals surface area contributed by atoms with E-state index in [1.165, 1.54) is 0 Å². The van der Waals surface area contributed by atoms with Gasteiger partial charge in [0.05, 0.1) is 6.20 Å². The van der Waals surface area contributed by atoms with E-state index in [0.717, 1.165) is 31.2 Å². The number of carbonyl (C=O) groups is 1. The maximum Gasteiger partial charge on any atom is 0.223 e. The number of amides is 1. The van der Waals surface area contributed by atoms with E-state index in [9.17, 15) is 4.79 Å². The first-order chi connectivity index (χ1) is 7.77. The van der Waals surface area contributed by atoms with Crippen LogP contribution in [0.15, 0.2) is 12.4 Å². The molecular formula is C12H21N3O. The summed E-state index contributed by atoms with van der Waals surface area (Å²) < 4.78 is 0. The summed E-state index contributed by atoms with van der Waals surface area (Å²) in [6, 6.07) is 0. The van der Waals surface area contributed by atoms with E-state index >= 15 is 0 Å². The third-order valence-corrected chi connectivity index (χ3v) is 2.79. The molecule has 0 bridgehead atoms. The summed E-state index contributed by atoms with van der Waals surface area (Å²) in [4.78, 5) is 11.8. The largest absolute Gasteiger partial charge is 0.352 e. The molecule has 90 valence electrons. The topological polar surface area (TPSA) is 57.8 Å². The van der Waals surface area contributed by atoms with Gasteiger partial charge in [-0.3, -0.25) is 9.89 Å². The maximum atomic E-state index is 11.8. The minimum absolute atomic E-state index is 0.159. The number of unbranched alkanes of at least 4 members (excludes halogenated alkanes) is 1. The highest BCUT2D eigenvalue weighted by Gasteiger charge is 2.15. The minimum atomic E-state index is 0.159. The molecule has 1 aromatic heterocycles. The number of hydrogen-bond donors (Lipinski definition) is 2. The van der Waals surface area contributed by atoms with Crippen LogP contribution in [0.5, 0.6) is 0 Å². The van der Waals surface area contributed by atoms with E-state index in [2.05, 4.69) is 29.4 Å². The highest BCUT2D eigenvalue weighted by Crippen LogP contribution is 2.12. The number of hydrogen-bond acceptors (Lipinski definition) is 2. The molecule has 0 saturated heterocycles. The number of aromatic nitrogens is 2. The molecule has 0 spiro atoms. The molecule has 1 amide bonds. The Hall–Kier alpha value is -1.32. The summed E-state index contributed by atoms with van der Waals surface area (Å²) in [5.41, 5.74) is 1.01. The zero-order valence-corrected chi connectivity index (χ0v) is 10.1. The minimum Gasteiger partial charge on any atom is -0.352 e. The average molecular weight is 223 g/mol. The van der Waals surface area contributed by atoms with Crippen molar-refractivity contribution in [3.05, 3.63) is 18.0 Å². The first-order valence-electron chi connectivity index (χ1n) is 6.03. The Morgan fingerprint density at radius 3 is 2.94 bits per heavy atom. The molecule has 2 N–H and O–H groups in total. The Balaban J connectivity index is 2.31. The van der Waals surface area contributed by atoms with Gasteiger partial charge in [0.2, 0.25) is 5.91 Å². The lowest BCUT2D eigenvalue weighted by Gasteiger charge is -2.13. The van der Waals surface area contributed by atoms with Crippen molar-refractivity contribution in [3.63, 3.8) is 0 Å². The third-order valence-electron chi connectivity index (χ3n) is 2.79. The van der Waals surface area contributed by atoms with Crippen molar-refractivity contribution in [2.75, 3.05) is 0 Å². The molecule has 0 radical (unpaired) electrons. The lowest BCUT2D eigenvalue weighted by atomic mass is 9.98. The number of carbonyl (C=O) groups excluding carboxylic acids is 1. The van der Waals surface area contributed by atoms with Crippen LogP contribution in [-0.2, 0) is 11.3 Å². The van der Waals surface area contributed by atoms with Gasteiger partial charge in [0.1, 0.15) is 0 Å². The Kier molecular flexibility index (Phi) is 5.61. The first-order valence-corrected chi connectivity index (χ1v) is 6.03. The Labute approximate surface area is 96.8 Å². The normalized spacial score (nSPS) is 12.4. The number of H-pyrrole nitrogens is 1. The maximum absolute atomic E-state index is 11.8. The fraction of sp³-hybridized carbons (Fsp3) is 0.667. The van der Waals surface area contributed by atoms with Gasteiger partial charge in [0.15, 0.2) is 0 Å². The fourth-order valence-corrected chi connectivity index (χ4v) is 1.68. The van der Waals surface area contributed by atoms with Crippen molar-refractivity contribution >= 4 is 5.91 Å². The number of nitrogens with zero attached hydrogens (tertiary/aromatic N) is 1. The fourth-order valence-electron chi connectivity index (χ4n) is 1.68. The van der Waals surface area contributed by atoms with Crippen LogP contribution >= 0.6 is 0 Å². The summed E-state index contributed by atoms with van der Waals surface area (Å²) >= 11 is 0. The van der Waals surface area contributed by atoms with Gasteiger partial charge in [-0.15, -0.1) is 0 Å². The molecule has 1 rings (SSSR count). The van der Waals surface area contributed by atoms with Crippen LogP contribution in [0.1, 0.15) is 45.1 Å². The number of nitrogens with one attached hydrogen (secondary N) is 2. The van der Waals surface area contributed by atoms with Gasteiger partial charge in [-0.05, 0) is 12.8 Å². The molecule has 0 fully saturated rings. The van der Waals surface area contributed by atoms with E-state index in [-0.39, 0.29) is 11.8 Å². The molecule has 1 heterocycles. The van der Waals surface area contributed by atoms with Crippen molar-refractivity contribution in [2.24, 2.45) is 5.92 Å². The van der Waals surface area contributed by atoms with Crippen molar-refractivity contribution in [1.82, 2.24) is 15.5 Å². The average Bonchev–Trinajstić information content (AvgIpc) is 2.80. The second-order valence-corrected chi connectivity index (χ2v) is 4.07. The molecule has 0 aliphatic heterocycles. The van der Waals surface area contributed by atoms with E-state index < -0.39 is 0 Å². The molecular weight excluding hydrogens is 202 g/mol. The summed E-state index contributed by atoms with van der Waals surface area (Å²) in [5.74, 6) is 0.323. The van der Waals surface area contributed by atoms with Crippen LogP contribution in [-0.4, -0.2) is 16.1 Å². The molecule has 0 saturated carbocycles. The molecule has 4 nitrogen and oxygen atoms in total. The van der Waals surface area contributed by atoms with Gasteiger partial charge in [0, 0.05) is 24.2 Å². The molecule has 1 unspecified atom stereocenters. The van der Waals surface area contributed by atoms with Crippen LogP contribution in [0.4, 0.5) is 0 Å². The zero-order chi connectivity index (χ0) is 11.8. The zero-order valence-electron chi connectivity index (χ0n) is 10.1. The van der Waals surface area contributed by atoms with Crippen LogP contribution in [0.2, 0.25) is 0 Å². The van der Waals surface area contributed by atoms with Gasteiger partial charge in [-0.2, -0.15) is 5.10 Å². The van der Waals surface area contributed by atoms with Crippen LogP contribution in [0, 0.1) is 5.92 Å². The van der Waals surface area contributed by atoms with Crippen molar-refractivity contribution in [1.29, 1.82) is 0 Å². The molecule has 0 aliphatic rings. The van der Waals surface area contributed by atoms with E-state index in [1.54, 1.807) is 12.4 Å². The third kappa shape index (κ3) is 4.04.